The van der Waals surface area contributed by atoms with Crippen molar-refractivity contribution >= 4 is 5.97 Å². The highest BCUT2D eigenvalue weighted by atomic mass is 16.5. The molecule has 17 heavy (non-hydrogen) atoms. The van der Waals surface area contributed by atoms with Gasteiger partial charge < -0.3 is 15.0 Å². The molecular formula is C13H24N2O2. The Kier molecular flexibility index (Phi) is 3.73. The summed E-state index contributed by atoms with van der Waals surface area (Å²) in [6.07, 6.45) is 6.70. The van der Waals surface area contributed by atoms with Crippen molar-refractivity contribution in [3.63, 3.8) is 0 Å². The summed E-state index contributed by atoms with van der Waals surface area (Å²) in [7, 11) is 5.55. The molecule has 98 valence electrons. The van der Waals surface area contributed by atoms with Crippen LogP contribution in [0.25, 0.3) is 0 Å². The van der Waals surface area contributed by atoms with Crippen LogP contribution in [0, 0.1) is 0 Å². The normalized spacial score (nSPS) is 33.8. The maximum Gasteiger partial charge on any atom is 0.326 e. The Morgan fingerprint density at radius 2 is 2.06 bits per heavy atom. The third kappa shape index (κ3) is 2.47. The van der Waals surface area contributed by atoms with Crippen molar-refractivity contribution in [2.75, 3.05) is 21.2 Å². The number of nitrogens with one attached hydrogen (secondary N) is 1. The minimum Gasteiger partial charge on any atom is -0.468 e. The molecule has 4 heteroatoms. The fraction of sp³-hybridized carbons (Fsp3) is 0.923. The zero-order valence-corrected chi connectivity index (χ0v) is 11.2. The first-order valence-corrected chi connectivity index (χ1v) is 6.62. The summed E-state index contributed by atoms with van der Waals surface area (Å²) in [5, 5.41) is 3.21. The van der Waals surface area contributed by atoms with Gasteiger partial charge in [0.2, 0.25) is 0 Å². The summed E-state index contributed by atoms with van der Waals surface area (Å²) in [6.45, 7) is 0. The Morgan fingerprint density at radius 3 is 2.59 bits per heavy atom. The maximum absolute atomic E-state index is 12.0. The molecule has 1 N–H and O–H groups in total. The van der Waals surface area contributed by atoms with E-state index < -0.39 is 5.54 Å². The van der Waals surface area contributed by atoms with Crippen molar-refractivity contribution in [3.8, 4) is 0 Å². The highest BCUT2D eigenvalue weighted by molar-refractivity contribution is 5.81. The summed E-state index contributed by atoms with van der Waals surface area (Å²) in [6, 6.07) is 1.27. The van der Waals surface area contributed by atoms with Crippen LogP contribution in [-0.4, -0.2) is 49.7 Å². The van der Waals surface area contributed by atoms with Crippen LogP contribution in [-0.2, 0) is 9.53 Å². The number of carbonyl (C=O) groups is 1. The predicted molar refractivity (Wildman–Crippen MR) is 66.8 cm³/mol. The molecule has 0 saturated heterocycles. The van der Waals surface area contributed by atoms with Crippen molar-refractivity contribution < 1.29 is 9.53 Å². The molecule has 0 heterocycles. The minimum atomic E-state index is -0.458. The van der Waals surface area contributed by atoms with Crippen molar-refractivity contribution in [2.24, 2.45) is 0 Å². The molecule has 0 aromatic rings. The fourth-order valence-electron chi connectivity index (χ4n) is 3.08. The van der Waals surface area contributed by atoms with Crippen LogP contribution in [0.5, 0.6) is 0 Å². The van der Waals surface area contributed by atoms with E-state index >= 15 is 0 Å². The molecule has 2 unspecified atom stereocenters. The lowest BCUT2D eigenvalue weighted by Crippen LogP contribution is -2.57. The van der Waals surface area contributed by atoms with E-state index in [1.165, 1.54) is 26.4 Å². The Hall–Kier alpha value is -0.610. The van der Waals surface area contributed by atoms with E-state index in [1.807, 2.05) is 7.05 Å². The molecule has 2 aliphatic carbocycles. The first-order valence-electron chi connectivity index (χ1n) is 6.62. The van der Waals surface area contributed by atoms with Crippen molar-refractivity contribution in [1.82, 2.24) is 10.2 Å². The number of likely N-dealkylation sites (N-methyl/N-ethyl adjacent to an activating group) is 1. The molecule has 4 nitrogen and oxygen atoms in total. The standard InChI is InChI=1S/C13H24N2O2/c1-14-13(12(16)17-3)8-4-5-11(9-13)15(2)10-6-7-10/h10-11,14H,4-9H2,1-3H3. The molecule has 2 saturated carbocycles. The zero-order chi connectivity index (χ0) is 12.5. The number of hydrogen-bond donors (Lipinski definition) is 1. The Balaban J connectivity index is 2.05. The van der Waals surface area contributed by atoms with Crippen molar-refractivity contribution in [2.45, 2.75) is 56.1 Å². The van der Waals surface area contributed by atoms with Crippen LogP contribution < -0.4 is 5.32 Å². The lowest BCUT2D eigenvalue weighted by Gasteiger charge is -2.41. The van der Waals surface area contributed by atoms with Crippen molar-refractivity contribution in [3.05, 3.63) is 0 Å². The van der Waals surface area contributed by atoms with Crippen LogP contribution in [0.3, 0.4) is 0 Å². The van der Waals surface area contributed by atoms with E-state index in [4.69, 9.17) is 4.74 Å². The lowest BCUT2D eigenvalue weighted by molar-refractivity contribution is -0.151. The van der Waals surface area contributed by atoms with Crippen molar-refractivity contribution in [1.29, 1.82) is 0 Å². The number of esters is 1. The molecule has 2 fully saturated rings. The lowest BCUT2D eigenvalue weighted by atomic mass is 9.78. The molecule has 0 spiro atoms. The molecule has 0 aromatic carbocycles. The second-order valence-electron chi connectivity index (χ2n) is 5.47. The molecular weight excluding hydrogens is 216 g/mol. The highest BCUT2D eigenvalue weighted by Gasteiger charge is 2.45. The Bertz CT molecular complexity index is 291. The zero-order valence-electron chi connectivity index (χ0n) is 11.2. The number of nitrogens with zero attached hydrogens (tertiary/aromatic N) is 1. The largest absolute Gasteiger partial charge is 0.468 e. The van der Waals surface area contributed by atoms with Gasteiger partial charge in [-0.25, -0.2) is 0 Å². The maximum atomic E-state index is 12.0. The number of methoxy groups -OCH3 is 1. The van der Waals surface area contributed by atoms with Gasteiger partial charge in [0.15, 0.2) is 0 Å². The van der Waals surface area contributed by atoms with E-state index in [-0.39, 0.29) is 5.97 Å². The Labute approximate surface area is 104 Å². The van der Waals surface area contributed by atoms with Gasteiger partial charge in [0.1, 0.15) is 5.54 Å². The smallest absolute Gasteiger partial charge is 0.326 e. The SMILES string of the molecule is CNC1(C(=O)OC)CCCC(N(C)C2CC2)C1. The fourth-order valence-corrected chi connectivity index (χ4v) is 3.08. The molecule has 0 aromatic heterocycles. The molecule has 0 amide bonds. The third-order valence-corrected chi connectivity index (χ3v) is 4.48. The summed E-state index contributed by atoms with van der Waals surface area (Å²) < 4.78 is 4.97. The first kappa shape index (κ1) is 12.8. The van der Waals surface area contributed by atoms with E-state index in [0.29, 0.717) is 6.04 Å². The molecule has 2 aliphatic rings. The van der Waals surface area contributed by atoms with E-state index in [9.17, 15) is 4.79 Å². The second-order valence-corrected chi connectivity index (χ2v) is 5.47. The topological polar surface area (TPSA) is 41.6 Å². The number of carbonyl (C=O) groups excluding carboxylic acids is 1. The van der Waals surface area contributed by atoms with E-state index in [0.717, 1.165) is 25.3 Å². The highest BCUT2D eigenvalue weighted by Crippen LogP contribution is 2.36. The van der Waals surface area contributed by atoms with Crippen LogP contribution in [0.4, 0.5) is 0 Å². The van der Waals surface area contributed by atoms with Crippen LogP contribution in [0.1, 0.15) is 38.5 Å². The first-order chi connectivity index (χ1) is 8.13. The third-order valence-electron chi connectivity index (χ3n) is 4.48. The van der Waals surface area contributed by atoms with Gasteiger partial charge in [-0.2, -0.15) is 0 Å². The van der Waals surface area contributed by atoms with Gasteiger partial charge in [0.05, 0.1) is 7.11 Å². The minimum absolute atomic E-state index is 0.103. The number of hydrogen-bond acceptors (Lipinski definition) is 4. The average molecular weight is 240 g/mol. The monoisotopic (exact) mass is 240 g/mol. The average Bonchev–Trinajstić information content (AvgIpc) is 3.21. The van der Waals surface area contributed by atoms with Crippen LogP contribution in [0.2, 0.25) is 0 Å². The molecule has 2 rings (SSSR count). The van der Waals surface area contributed by atoms with E-state index in [1.54, 1.807) is 0 Å². The van der Waals surface area contributed by atoms with Gasteiger partial charge >= 0.3 is 5.97 Å². The Morgan fingerprint density at radius 1 is 1.35 bits per heavy atom. The van der Waals surface area contributed by atoms with Gasteiger partial charge in [-0.05, 0) is 52.6 Å². The summed E-state index contributed by atoms with van der Waals surface area (Å²) in [5.41, 5.74) is -0.458. The summed E-state index contributed by atoms with van der Waals surface area (Å²) in [4.78, 5) is 14.4. The second kappa shape index (κ2) is 4.94. The molecule has 2 atom stereocenters. The van der Waals surface area contributed by atoms with Gasteiger partial charge in [0, 0.05) is 12.1 Å². The van der Waals surface area contributed by atoms with Gasteiger partial charge in [-0.3, -0.25) is 4.79 Å². The summed E-state index contributed by atoms with van der Waals surface area (Å²) in [5.74, 6) is -0.103. The van der Waals surface area contributed by atoms with Gasteiger partial charge in [-0.15, -0.1) is 0 Å². The number of rotatable bonds is 4. The van der Waals surface area contributed by atoms with Gasteiger partial charge in [-0.1, -0.05) is 0 Å². The number of ether oxygens (including phenoxy) is 1. The molecule has 0 radical (unpaired) electrons. The molecule has 0 aliphatic heterocycles. The van der Waals surface area contributed by atoms with E-state index in [2.05, 4.69) is 17.3 Å². The van der Waals surface area contributed by atoms with Crippen LogP contribution >= 0.6 is 0 Å². The quantitative estimate of drug-likeness (QED) is 0.749. The molecule has 0 bridgehead atoms. The van der Waals surface area contributed by atoms with Crippen LogP contribution in [0.15, 0.2) is 0 Å². The summed E-state index contributed by atoms with van der Waals surface area (Å²) >= 11 is 0. The van der Waals surface area contributed by atoms with Gasteiger partial charge in [0.25, 0.3) is 0 Å². The predicted octanol–water partition coefficient (Wildman–Crippen LogP) is 1.15.